The minimum atomic E-state index is -0.281. The molecule has 0 aromatic heterocycles. The van der Waals surface area contributed by atoms with Gasteiger partial charge in [-0.3, -0.25) is 9.69 Å². The van der Waals surface area contributed by atoms with E-state index in [0.29, 0.717) is 6.54 Å². The molecule has 1 aliphatic heterocycles. The van der Waals surface area contributed by atoms with Crippen molar-refractivity contribution < 1.29 is 9.18 Å². The average molecular weight is 384 g/mol. The van der Waals surface area contributed by atoms with Crippen molar-refractivity contribution in [3.05, 3.63) is 71.5 Å². The monoisotopic (exact) mass is 383 g/mol. The number of benzene rings is 2. The van der Waals surface area contributed by atoms with E-state index in [-0.39, 0.29) is 29.2 Å². The van der Waals surface area contributed by atoms with Gasteiger partial charge in [-0.2, -0.15) is 0 Å². The van der Waals surface area contributed by atoms with E-state index >= 15 is 0 Å². The maximum Gasteiger partial charge on any atom is 0.237 e. The van der Waals surface area contributed by atoms with E-state index in [1.54, 1.807) is 17.0 Å². The first-order valence-corrected chi connectivity index (χ1v) is 9.82. The summed E-state index contributed by atoms with van der Waals surface area (Å²) in [6, 6.07) is 16.2. The summed E-state index contributed by atoms with van der Waals surface area (Å²) in [4.78, 5) is 17.1. The van der Waals surface area contributed by atoms with Gasteiger partial charge in [-0.05, 0) is 35.1 Å². The van der Waals surface area contributed by atoms with Gasteiger partial charge >= 0.3 is 0 Å². The fourth-order valence-corrected chi connectivity index (χ4v) is 3.99. The number of hydrogen-bond acceptors (Lipinski definition) is 3. The summed E-state index contributed by atoms with van der Waals surface area (Å²) < 4.78 is 13.4. The van der Waals surface area contributed by atoms with Crippen molar-refractivity contribution in [3.63, 3.8) is 0 Å². The van der Waals surface area contributed by atoms with Crippen LogP contribution in [0.5, 0.6) is 0 Å². The highest BCUT2D eigenvalue weighted by Gasteiger charge is 2.35. The number of likely N-dealkylation sites (N-methyl/N-ethyl adjacent to an activating group) is 1. The van der Waals surface area contributed by atoms with Crippen LogP contribution in [0.1, 0.15) is 37.4 Å². The lowest BCUT2D eigenvalue weighted by atomic mass is 9.80. The van der Waals surface area contributed by atoms with Crippen LogP contribution in [-0.4, -0.2) is 48.4 Å². The molecule has 0 spiro atoms. The Morgan fingerprint density at radius 1 is 1.18 bits per heavy atom. The van der Waals surface area contributed by atoms with Crippen LogP contribution in [0.15, 0.2) is 54.6 Å². The van der Waals surface area contributed by atoms with Crippen molar-refractivity contribution in [2.45, 2.75) is 32.4 Å². The van der Waals surface area contributed by atoms with Crippen molar-refractivity contribution in [2.75, 3.05) is 26.7 Å². The van der Waals surface area contributed by atoms with Gasteiger partial charge in [0.25, 0.3) is 0 Å². The predicted octanol–water partition coefficient (Wildman–Crippen LogP) is 3.43. The molecule has 2 aromatic carbocycles. The molecule has 2 unspecified atom stereocenters. The Hall–Kier alpha value is -2.24. The van der Waals surface area contributed by atoms with Crippen molar-refractivity contribution >= 4 is 5.91 Å². The maximum absolute atomic E-state index is 13.4. The van der Waals surface area contributed by atoms with E-state index in [0.717, 1.165) is 30.6 Å². The first-order valence-electron chi connectivity index (χ1n) is 9.82. The molecule has 2 atom stereocenters. The Morgan fingerprint density at radius 3 is 2.39 bits per heavy atom. The average Bonchev–Trinajstić information content (AvgIpc) is 2.67. The first kappa shape index (κ1) is 20.5. The van der Waals surface area contributed by atoms with Crippen LogP contribution in [0.2, 0.25) is 0 Å². The van der Waals surface area contributed by atoms with E-state index in [9.17, 15) is 9.18 Å². The summed E-state index contributed by atoms with van der Waals surface area (Å²) in [5.41, 5.74) is 8.12. The smallest absolute Gasteiger partial charge is 0.237 e. The fourth-order valence-electron chi connectivity index (χ4n) is 3.99. The molecule has 2 aromatic rings. The molecule has 0 saturated carbocycles. The first-order chi connectivity index (χ1) is 13.3. The summed E-state index contributed by atoms with van der Waals surface area (Å²) >= 11 is 0. The summed E-state index contributed by atoms with van der Waals surface area (Å²) in [5.74, 6) is -0.235. The molecule has 2 N–H and O–H groups in total. The van der Waals surface area contributed by atoms with E-state index in [4.69, 9.17) is 5.73 Å². The molecular weight excluding hydrogens is 353 g/mol. The Bertz CT molecular complexity index is 791. The molecule has 0 radical (unpaired) electrons. The molecule has 0 aliphatic carbocycles. The van der Waals surface area contributed by atoms with Gasteiger partial charge in [-0.25, -0.2) is 4.39 Å². The van der Waals surface area contributed by atoms with Gasteiger partial charge in [-0.1, -0.05) is 56.3 Å². The lowest BCUT2D eigenvalue weighted by Crippen LogP contribution is -2.54. The Kier molecular flexibility index (Phi) is 6.16. The largest absolute Gasteiger partial charge is 0.334 e. The maximum atomic E-state index is 13.4. The number of piperidine rings is 1. The molecule has 1 amide bonds. The van der Waals surface area contributed by atoms with E-state index in [2.05, 4.69) is 18.7 Å². The molecule has 3 rings (SSSR count). The molecule has 1 saturated heterocycles. The predicted molar refractivity (Wildman–Crippen MR) is 110 cm³/mol. The minimum absolute atomic E-state index is 0.00705. The van der Waals surface area contributed by atoms with Gasteiger partial charge in [0, 0.05) is 26.2 Å². The van der Waals surface area contributed by atoms with Crippen LogP contribution in [0.3, 0.4) is 0 Å². The van der Waals surface area contributed by atoms with Crippen LogP contribution in [0, 0.1) is 11.2 Å². The van der Waals surface area contributed by atoms with Gasteiger partial charge in [0.2, 0.25) is 5.91 Å². The quantitative estimate of drug-likeness (QED) is 0.861. The summed E-state index contributed by atoms with van der Waals surface area (Å²) in [6.07, 6.45) is 0.893. The highest BCUT2D eigenvalue weighted by atomic mass is 19.1. The van der Waals surface area contributed by atoms with Gasteiger partial charge in [0.15, 0.2) is 0 Å². The summed E-state index contributed by atoms with van der Waals surface area (Å²) in [5, 5.41) is 0. The number of hydrogen-bond donors (Lipinski definition) is 1. The van der Waals surface area contributed by atoms with Crippen molar-refractivity contribution in [2.24, 2.45) is 11.1 Å². The van der Waals surface area contributed by atoms with Crippen LogP contribution < -0.4 is 5.73 Å². The third-order valence-corrected chi connectivity index (χ3v) is 5.83. The number of amides is 1. The van der Waals surface area contributed by atoms with Crippen LogP contribution >= 0.6 is 0 Å². The van der Waals surface area contributed by atoms with Crippen molar-refractivity contribution in [1.29, 1.82) is 0 Å². The number of nitrogens with two attached hydrogens (primary N) is 1. The molecule has 4 nitrogen and oxygen atoms in total. The van der Waals surface area contributed by atoms with Gasteiger partial charge in [-0.15, -0.1) is 0 Å². The molecule has 0 bridgehead atoms. The number of carbonyl (C=O) groups excluding carboxylic acids is 1. The number of likely N-dealkylation sites (tertiary alicyclic amines) is 1. The van der Waals surface area contributed by atoms with Gasteiger partial charge in [0.05, 0.1) is 12.6 Å². The second-order valence-corrected chi connectivity index (χ2v) is 8.46. The van der Waals surface area contributed by atoms with Crippen LogP contribution in [0.4, 0.5) is 4.39 Å². The van der Waals surface area contributed by atoms with Gasteiger partial charge in [0.1, 0.15) is 5.82 Å². The lowest BCUT2D eigenvalue weighted by Gasteiger charge is -2.43. The van der Waals surface area contributed by atoms with Crippen molar-refractivity contribution in [1.82, 2.24) is 9.80 Å². The zero-order valence-corrected chi connectivity index (χ0v) is 16.9. The molecule has 1 aliphatic rings. The topological polar surface area (TPSA) is 49.6 Å². The Balaban J connectivity index is 1.80. The van der Waals surface area contributed by atoms with E-state index in [1.165, 1.54) is 12.1 Å². The number of nitrogens with zero attached hydrogens (tertiary/aromatic N) is 2. The minimum Gasteiger partial charge on any atom is -0.334 e. The fraction of sp³-hybridized carbons (Fsp3) is 0.435. The van der Waals surface area contributed by atoms with Gasteiger partial charge < -0.3 is 10.6 Å². The standard InChI is InChI=1S/C23H30FN3O/c1-23(2)16-27(14-13-20(23)25)15-21(28)26(3)22(17-7-5-4-6-8-17)18-9-11-19(24)12-10-18/h4-12,20,22H,13-16,25H2,1-3H3. The zero-order chi connectivity index (χ0) is 20.3. The highest BCUT2D eigenvalue weighted by molar-refractivity contribution is 5.79. The number of carbonyl (C=O) groups is 1. The SMILES string of the molecule is CN(C(=O)CN1CCC(N)C(C)(C)C1)C(c1ccccc1)c1ccc(F)cc1. The molecule has 5 heteroatoms. The Labute approximate surface area is 167 Å². The molecule has 1 fully saturated rings. The molecule has 150 valence electrons. The zero-order valence-electron chi connectivity index (χ0n) is 16.9. The highest BCUT2D eigenvalue weighted by Crippen LogP contribution is 2.30. The van der Waals surface area contributed by atoms with Crippen molar-refractivity contribution in [3.8, 4) is 0 Å². The second kappa shape index (κ2) is 8.41. The Morgan fingerprint density at radius 2 is 1.79 bits per heavy atom. The third kappa shape index (κ3) is 4.59. The lowest BCUT2D eigenvalue weighted by molar-refractivity contribution is -0.133. The third-order valence-electron chi connectivity index (χ3n) is 5.83. The summed E-state index contributed by atoms with van der Waals surface area (Å²) in [6.45, 7) is 6.31. The molecule has 28 heavy (non-hydrogen) atoms. The van der Waals surface area contributed by atoms with Crippen LogP contribution in [-0.2, 0) is 4.79 Å². The van der Waals surface area contributed by atoms with E-state index < -0.39 is 0 Å². The normalized spacial score (nSPS) is 20.5. The summed E-state index contributed by atoms with van der Waals surface area (Å²) in [7, 11) is 1.82. The molecule has 1 heterocycles. The second-order valence-electron chi connectivity index (χ2n) is 8.46. The molecular formula is C23H30FN3O. The van der Waals surface area contributed by atoms with Crippen LogP contribution in [0.25, 0.3) is 0 Å². The number of halogens is 1. The van der Waals surface area contributed by atoms with E-state index in [1.807, 2.05) is 37.4 Å². The number of rotatable bonds is 5.